The van der Waals surface area contributed by atoms with Crippen molar-refractivity contribution in [2.45, 2.75) is 6.36 Å². The van der Waals surface area contributed by atoms with E-state index in [1.165, 1.54) is 6.07 Å². The van der Waals surface area contributed by atoms with Gasteiger partial charge in [-0.1, -0.05) is 11.6 Å². The van der Waals surface area contributed by atoms with Crippen LogP contribution in [0.15, 0.2) is 12.1 Å². The number of alkyl halides is 3. The summed E-state index contributed by atoms with van der Waals surface area (Å²) in [7, 11) is 0. The lowest BCUT2D eigenvalue weighted by Crippen LogP contribution is -2.17. The average Bonchev–Trinajstić information content (AvgIpc) is 1.82. The van der Waals surface area contributed by atoms with Crippen LogP contribution in [-0.2, 0) is 0 Å². The Kier molecular flexibility index (Phi) is 2.42. The van der Waals surface area contributed by atoms with E-state index < -0.39 is 12.2 Å². The highest BCUT2D eigenvalue weighted by molar-refractivity contribution is 6.29. The van der Waals surface area contributed by atoms with E-state index in [0.717, 1.165) is 6.07 Å². The minimum atomic E-state index is -4.74. The van der Waals surface area contributed by atoms with Crippen LogP contribution >= 0.6 is 11.6 Å². The Morgan fingerprint density at radius 2 is 2.08 bits per heavy atom. The molecule has 0 fully saturated rings. The first-order chi connectivity index (χ1) is 5.47. The molecule has 0 N–H and O–H groups in total. The van der Waals surface area contributed by atoms with Gasteiger partial charge in [-0.05, 0) is 12.1 Å². The van der Waals surface area contributed by atoms with Crippen LogP contribution in [0, 0.1) is 6.07 Å². The maximum atomic E-state index is 11.6. The van der Waals surface area contributed by atoms with Gasteiger partial charge in [-0.15, -0.1) is 13.2 Å². The molecule has 2 nitrogen and oxygen atoms in total. The summed E-state index contributed by atoms with van der Waals surface area (Å²) in [5.41, 5.74) is 0. The van der Waals surface area contributed by atoms with Gasteiger partial charge >= 0.3 is 6.36 Å². The highest BCUT2D eigenvalue weighted by atomic mass is 35.5. The molecule has 1 radical (unpaired) electrons. The number of rotatable bonds is 1. The molecular formula is C6H2ClF3NO. The second-order valence-electron chi connectivity index (χ2n) is 1.78. The monoisotopic (exact) mass is 196 g/mol. The molecule has 0 amide bonds. The maximum Gasteiger partial charge on any atom is 0.574 e. The van der Waals surface area contributed by atoms with Crippen LogP contribution in [0.4, 0.5) is 13.2 Å². The first-order valence-electron chi connectivity index (χ1n) is 2.77. The van der Waals surface area contributed by atoms with E-state index in [-0.39, 0.29) is 5.15 Å². The number of hydrogen-bond acceptors (Lipinski definition) is 2. The third-order valence-electron chi connectivity index (χ3n) is 0.847. The second-order valence-corrected chi connectivity index (χ2v) is 2.16. The standard InChI is InChI=1S/C6H2ClF3NO/c7-4-2-1-3-5(11-4)12-6(8,9)10/h2-3H. The minimum Gasteiger partial charge on any atom is -0.388 e. The van der Waals surface area contributed by atoms with E-state index in [0.29, 0.717) is 0 Å². The summed E-state index contributed by atoms with van der Waals surface area (Å²) in [5, 5.41) is -0.100. The summed E-state index contributed by atoms with van der Waals surface area (Å²) in [6, 6.07) is 4.50. The minimum absolute atomic E-state index is 0.100. The predicted molar refractivity (Wildman–Crippen MR) is 34.8 cm³/mol. The molecule has 1 aromatic rings. The van der Waals surface area contributed by atoms with E-state index in [2.05, 4.69) is 15.8 Å². The fraction of sp³-hybridized carbons (Fsp3) is 0.167. The van der Waals surface area contributed by atoms with Crippen LogP contribution in [0.25, 0.3) is 0 Å². The molecule has 0 saturated carbocycles. The van der Waals surface area contributed by atoms with Crippen molar-refractivity contribution in [1.29, 1.82) is 0 Å². The zero-order chi connectivity index (χ0) is 9.19. The molecule has 0 spiro atoms. The number of halogens is 4. The summed E-state index contributed by atoms with van der Waals surface area (Å²) in [5.74, 6) is -0.616. The molecular weight excluding hydrogens is 195 g/mol. The molecule has 65 valence electrons. The van der Waals surface area contributed by atoms with Crippen LogP contribution in [-0.4, -0.2) is 11.3 Å². The maximum absolute atomic E-state index is 11.6. The number of nitrogens with zero attached hydrogens (tertiary/aromatic N) is 1. The van der Waals surface area contributed by atoms with Crippen LogP contribution in [0.2, 0.25) is 5.15 Å². The van der Waals surface area contributed by atoms with Crippen LogP contribution < -0.4 is 4.74 Å². The molecule has 6 heteroatoms. The van der Waals surface area contributed by atoms with E-state index >= 15 is 0 Å². The summed E-state index contributed by atoms with van der Waals surface area (Å²) in [6.07, 6.45) is -4.74. The van der Waals surface area contributed by atoms with E-state index in [1.54, 1.807) is 0 Å². The van der Waals surface area contributed by atoms with Crippen LogP contribution in [0.5, 0.6) is 5.88 Å². The predicted octanol–water partition coefficient (Wildman–Crippen LogP) is 2.43. The quantitative estimate of drug-likeness (QED) is 0.644. The Morgan fingerprint density at radius 3 is 2.58 bits per heavy atom. The van der Waals surface area contributed by atoms with Crippen molar-refractivity contribution in [3.05, 3.63) is 23.4 Å². The number of aromatic nitrogens is 1. The van der Waals surface area contributed by atoms with Crippen molar-refractivity contribution < 1.29 is 17.9 Å². The van der Waals surface area contributed by atoms with Gasteiger partial charge in [0.15, 0.2) is 0 Å². The van der Waals surface area contributed by atoms with Crippen LogP contribution in [0.3, 0.4) is 0 Å². The Balaban J connectivity index is 2.77. The molecule has 1 aromatic heterocycles. The average molecular weight is 197 g/mol. The molecule has 1 rings (SSSR count). The molecule has 12 heavy (non-hydrogen) atoms. The van der Waals surface area contributed by atoms with E-state index in [4.69, 9.17) is 11.6 Å². The molecule has 0 saturated heterocycles. The highest BCUT2D eigenvalue weighted by Gasteiger charge is 2.31. The lowest BCUT2D eigenvalue weighted by atomic mass is 10.5. The normalized spacial score (nSPS) is 11.3. The van der Waals surface area contributed by atoms with Gasteiger partial charge in [0, 0.05) is 6.07 Å². The van der Waals surface area contributed by atoms with Crippen molar-refractivity contribution in [1.82, 2.24) is 4.98 Å². The van der Waals surface area contributed by atoms with E-state index in [1.807, 2.05) is 0 Å². The van der Waals surface area contributed by atoms with Gasteiger partial charge < -0.3 is 4.74 Å². The molecule has 0 aromatic carbocycles. The number of hydrogen-bond donors (Lipinski definition) is 0. The number of ether oxygens (including phenoxy) is 1. The lowest BCUT2D eigenvalue weighted by Gasteiger charge is -2.06. The molecule has 0 aliphatic heterocycles. The first kappa shape index (κ1) is 9.12. The van der Waals surface area contributed by atoms with Crippen LogP contribution in [0.1, 0.15) is 0 Å². The Morgan fingerprint density at radius 1 is 1.42 bits per heavy atom. The van der Waals surface area contributed by atoms with Gasteiger partial charge in [0.25, 0.3) is 0 Å². The fourth-order valence-electron chi connectivity index (χ4n) is 0.522. The van der Waals surface area contributed by atoms with Crippen molar-refractivity contribution in [2.75, 3.05) is 0 Å². The van der Waals surface area contributed by atoms with E-state index in [9.17, 15) is 13.2 Å². The molecule has 0 aliphatic rings. The lowest BCUT2D eigenvalue weighted by molar-refractivity contribution is -0.276. The van der Waals surface area contributed by atoms with Crippen molar-refractivity contribution in [3.8, 4) is 5.88 Å². The Labute approximate surface area is 70.9 Å². The molecule has 0 bridgehead atoms. The van der Waals surface area contributed by atoms with Gasteiger partial charge in [-0.3, -0.25) is 0 Å². The van der Waals surface area contributed by atoms with Gasteiger partial charge in [0.1, 0.15) is 5.15 Å². The molecule has 0 aliphatic carbocycles. The zero-order valence-electron chi connectivity index (χ0n) is 5.52. The summed E-state index contributed by atoms with van der Waals surface area (Å²) in [6.45, 7) is 0. The van der Waals surface area contributed by atoms with Gasteiger partial charge in [0.05, 0.1) is 0 Å². The fourth-order valence-corrected chi connectivity index (χ4v) is 0.669. The molecule has 0 unspecified atom stereocenters. The first-order valence-corrected chi connectivity index (χ1v) is 3.14. The van der Waals surface area contributed by atoms with Crippen molar-refractivity contribution in [2.24, 2.45) is 0 Å². The zero-order valence-corrected chi connectivity index (χ0v) is 6.28. The largest absolute Gasteiger partial charge is 0.574 e. The SMILES string of the molecule is FC(F)(F)Oc1c[c]cc(Cl)n1. The summed E-state index contributed by atoms with van der Waals surface area (Å²) < 4.78 is 38.1. The Hall–Kier alpha value is -0.970. The third kappa shape index (κ3) is 2.96. The molecule has 1 heterocycles. The highest BCUT2D eigenvalue weighted by Crippen LogP contribution is 2.21. The van der Waals surface area contributed by atoms with Gasteiger partial charge in [-0.2, -0.15) is 0 Å². The van der Waals surface area contributed by atoms with Crippen molar-refractivity contribution in [3.63, 3.8) is 0 Å². The van der Waals surface area contributed by atoms with Gasteiger partial charge in [-0.25, -0.2) is 4.98 Å². The summed E-state index contributed by atoms with van der Waals surface area (Å²) in [4.78, 5) is 3.25. The number of pyridine rings is 1. The third-order valence-corrected chi connectivity index (χ3v) is 1.04. The second kappa shape index (κ2) is 3.18. The molecule has 0 atom stereocenters. The smallest absolute Gasteiger partial charge is 0.388 e. The van der Waals surface area contributed by atoms with Crippen molar-refractivity contribution >= 4 is 11.6 Å². The van der Waals surface area contributed by atoms with Gasteiger partial charge in [0.2, 0.25) is 5.88 Å². The summed E-state index contributed by atoms with van der Waals surface area (Å²) >= 11 is 5.28. The topological polar surface area (TPSA) is 22.1 Å². The Bertz CT molecular complexity index is 276.